The van der Waals surface area contributed by atoms with Gasteiger partial charge in [-0.25, -0.2) is 0 Å². The van der Waals surface area contributed by atoms with Gasteiger partial charge in [-0.15, -0.1) is 0 Å². The summed E-state index contributed by atoms with van der Waals surface area (Å²) in [7, 11) is 0. The lowest BCUT2D eigenvalue weighted by Crippen LogP contribution is -2.04. The number of benzene rings is 1. The van der Waals surface area contributed by atoms with Gasteiger partial charge in [-0.2, -0.15) is 0 Å². The fourth-order valence-corrected chi connectivity index (χ4v) is 2.07. The Morgan fingerprint density at radius 3 is 2.41 bits per heavy atom. The Kier molecular flexibility index (Phi) is 5.49. The van der Waals surface area contributed by atoms with Crippen molar-refractivity contribution in [3.8, 4) is 5.75 Å². The standard InChI is InChI=1S/C14H19ClO2/c1-4-13(16)6-5-7-17-14-10(2)8-12(15)9-11(14)3/h8-9H,4-7H2,1-3H3. The summed E-state index contributed by atoms with van der Waals surface area (Å²) in [5, 5.41) is 0.730. The molecule has 1 aromatic carbocycles. The third-order valence-electron chi connectivity index (χ3n) is 2.67. The van der Waals surface area contributed by atoms with E-state index in [-0.39, 0.29) is 5.78 Å². The van der Waals surface area contributed by atoms with Crippen LogP contribution in [-0.4, -0.2) is 12.4 Å². The van der Waals surface area contributed by atoms with Gasteiger partial charge in [-0.05, 0) is 43.5 Å². The van der Waals surface area contributed by atoms with Crippen molar-refractivity contribution in [3.63, 3.8) is 0 Å². The lowest BCUT2D eigenvalue weighted by atomic mass is 10.1. The van der Waals surface area contributed by atoms with E-state index in [1.807, 2.05) is 32.9 Å². The highest BCUT2D eigenvalue weighted by atomic mass is 35.5. The SMILES string of the molecule is CCC(=O)CCCOc1c(C)cc(Cl)cc1C. The Labute approximate surface area is 108 Å². The number of halogens is 1. The molecule has 0 aliphatic rings. The summed E-state index contributed by atoms with van der Waals surface area (Å²) in [4.78, 5) is 11.1. The molecule has 0 spiro atoms. The van der Waals surface area contributed by atoms with Crippen molar-refractivity contribution in [2.24, 2.45) is 0 Å². The molecule has 0 aromatic heterocycles. The second-order valence-corrected chi connectivity index (χ2v) is 4.65. The fraction of sp³-hybridized carbons (Fsp3) is 0.500. The largest absolute Gasteiger partial charge is 0.493 e. The molecule has 3 heteroatoms. The van der Waals surface area contributed by atoms with Crippen LogP contribution in [0.2, 0.25) is 5.02 Å². The molecule has 0 aliphatic carbocycles. The topological polar surface area (TPSA) is 26.3 Å². The van der Waals surface area contributed by atoms with E-state index >= 15 is 0 Å². The van der Waals surface area contributed by atoms with Crippen LogP contribution in [0.1, 0.15) is 37.3 Å². The molecule has 94 valence electrons. The van der Waals surface area contributed by atoms with Gasteiger partial charge in [0.2, 0.25) is 0 Å². The molecule has 0 saturated heterocycles. The number of carbonyl (C=O) groups excluding carboxylic acids is 1. The number of hydrogen-bond donors (Lipinski definition) is 0. The monoisotopic (exact) mass is 254 g/mol. The normalized spacial score (nSPS) is 10.4. The number of carbonyl (C=O) groups is 1. The summed E-state index contributed by atoms with van der Waals surface area (Å²) >= 11 is 5.94. The van der Waals surface area contributed by atoms with Crippen LogP contribution in [0.3, 0.4) is 0 Å². The molecular formula is C14H19ClO2. The van der Waals surface area contributed by atoms with E-state index in [4.69, 9.17) is 16.3 Å². The van der Waals surface area contributed by atoms with Gasteiger partial charge in [0.05, 0.1) is 6.61 Å². The lowest BCUT2D eigenvalue weighted by molar-refractivity contribution is -0.118. The summed E-state index contributed by atoms with van der Waals surface area (Å²) in [6.07, 6.45) is 1.98. The summed E-state index contributed by atoms with van der Waals surface area (Å²) in [6.45, 7) is 6.42. The molecule has 0 bridgehead atoms. The molecule has 0 unspecified atom stereocenters. The smallest absolute Gasteiger partial charge is 0.132 e. The van der Waals surface area contributed by atoms with Crippen molar-refractivity contribution in [2.75, 3.05) is 6.61 Å². The molecule has 0 saturated carbocycles. The van der Waals surface area contributed by atoms with E-state index in [2.05, 4.69) is 0 Å². The molecule has 1 rings (SSSR count). The maximum absolute atomic E-state index is 11.1. The van der Waals surface area contributed by atoms with Gasteiger partial charge < -0.3 is 4.74 Å². The highest BCUT2D eigenvalue weighted by Gasteiger charge is 2.06. The van der Waals surface area contributed by atoms with E-state index in [9.17, 15) is 4.79 Å². The van der Waals surface area contributed by atoms with Gasteiger partial charge in [0.1, 0.15) is 11.5 Å². The van der Waals surface area contributed by atoms with E-state index < -0.39 is 0 Å². The Hall–Kier alpha value is -1.02. The molecular weight excluding hydrogens is 236 g/mol. The van der Waals surface area contributed by atoms with Crippen LogP contribution < -0.4 is 4.74 Å². The van der Waals surface area contributed by atoms with Crippen LogP contribution in [0, 0.1) is 13.8 Å². The predicted octanol–water partition coefficient (Wildman–Crippen LogP) is 4.09. The Morgan fingerprint density at radius 2 is 1.88 bits per heavy atom. The summed E-state index contributed by atoms with van der Waals surface area (Å²) in [5.74, 6) is 1.18. The van der Waals surface area contributed by atoms with Gasteiger partial charge in [-0.1, -0.05) is 18.5 Å². The van der Waals surface area contributed by atoms with Crippen molar-refractivity contribution < 1.29 is 9.53 Å². The molecule has 0 atom stereocenters. The molecule has 0 fully saturated rings. The molecule has 17 heavy (non-hydrogen) atoms. The first-order valence-corrected chi connectivity index (χ1v) is 6.33. The van der Waals surface area contributed by atoms with Crippen LogP contribution in [0.15, 0.2) is 12.1 Å². The van der Waals surface area contributed by atoms with Gasteiger partial charge >= 0.3 is 0 Å². The molecule has 1 aromatic rings. The van der Waals surface area contributed by atoms with Crippen LogP contribution in [0.25, 0.3) is 0 Å². The highest BCUT2D eigenvalue weighted by Crippen LogP contribution is 2.27. The number of Topliss-reactive ketones (excluding diaryl/α,β-unsaturated/α-hetero) is 1. The second-order valence-electron chi connectivity index (χ2n) is 4.21. The number of aryl methyl sites for hydroxylation is 2. The van der Waals surface area contributed by atoms with Gasteiger partial charge in [-0.3, -0.25) is 4.79 Å². The molecule has 0 radical (unpaired) electrons. The van der Waals surface area contributed by atoms with Crippen molar-refractivity contribution >= 4 is 17.4 Å². The van der Waals surface area contributed by atoms with E-state index in [1.54, 1.807) is 0 Å². The maximum atomic E-state index is 11.1. The zero-order valence-electron chi connectivity index (χ0n) is 10.7. The first-order valence-electron chi connectivity index (χ1n) is 5.95. The van der Waals surface area contributed by atoms with Crippen molar-refractivity contribution in [1.82, 2.24) is 0 Å². The minimum absolute atomic E-state index is 0.290. The number of ketones is 1. The van der Waals surface area contributed by atoms with Gasteiger partial charge in [0, 0.05) is 17.9 Å². The first-order chi connectivity index (χ1) is 8.04. The Bertz CT molecular complexity index is 376. The average molecular weight is 255 g/mol. The van der Waals surface area contributed by atoms with Crippen molar-refractivity contribution in [1.29, 1.82) is 0 Å². The predicted molar refractivity (Wildman–Crippen MR) is 71.0 cm³/mol. The molecule has 2 nitrogen and oxygen atoms in total. The minimum atomic E-state index is 0.290. The van der Waals surface area contributed by atoms with Crippen LogP contribution in [0.4, 0.5) is 0 Å². The third-order valence-corrected chi connectivity index (χ3v) is 2.88. The van der Waals surface area contributed by atoms with Crippen molar-refractivity contribution in [3.05, 3.63) is 28.3 Å². The third kappa shape index (κ3) is 4.39. The number of hydrogen-bond acceptors (Lipinski definition) is 2. The zero-order valence-corrected chi connectivity index (χ0v) is 11.4. The minimum Gasteiger partial charge on any atom is -0.493 e. The molecule has 0 heterocycles. The zero-order chi connectivity index (χ0) is 12.8. The molecule has 0 N–H and O–H groups in total. The maximum Gasteiger partial charge on any atom is 0.132 e. The first kappa shape index (κ1) is 14.0. The average Bonchev–Trinajstić information content (AvgIpc) is 2.26. The molecule has 0 amide bonds. The van der Waals surface area contributed by atoms with E-state index in [0.29, 0.717) is 19.4 Å². The summed E-state index contributed by atoms with van der Waals surface area (Å²) < 4.78 is 5.71. The van der Waals surface area contributed by atoms with Crippen molar-refractivity contribution in [2.45, 2.75) is 40.0 Å². The number of ether oxygens (including phenoxy) is 1. The van der Waals surface area contributed by atoms with Gasteiger partial charge in [0.15, 0.2) is 0 Å². The fourth-order valence-electron chi connectivity index (χ4n) is 1.75. The quantitative estimate of drug-likeness (QED) is 0.715. The van der Waals surface area contributed by atoms with Crippen LogP contribution >= 0.6 is 11.6 Å². The van der Waals surface area contributed by atoms with E-state index in [1.165, 1.54) is 0 Å². The highest BCUT2D eigenvalue weighted by molar-refractivity contribution is 6.30. The Balaban J connectivity index is 2.50. The number of rotatable bonds is 6. The van der Waals surface area contributed by atoms with Crippen LogP contribution in [0.5, 0.6) is 5.75 Å². The Morgan fingerprint density at radius 1 is 1.29 bits per heavy atom. The van der Waals surface area contributed by atoms with E-state index in [0.717, 1.165) is 28.3 Å². The van der Waals surface area contributed by atoms with Crippen LogP contribution in [-0.2, 0) is 4.79 Å². The summed E-state index contributed by atoms with van der Waals surface area (Å²) in [6, 6.07) is 3.78. The molecule has 0 aliphatic heterocycles. The van der Waals surface area contributed by atoms with Gasteiger partial charge in [0.25, 0.3) is 0 Å². The second kappa shape index (κ2) is 6.65. The lowest BCUT2D eigenvalue weighted by Gasteiger charge is -2.12. The summed E-state index contributed by atoms with van der Waals surface area (Å²) in [5.41, 5.74) is 2.08.